The van der Waals surface area contributed by atoms with Gasteiger partial charge in [-0.3, -0.25) is 9.69 Å². The fourth-order valence-corrected chi connectivity index (χ4v) is 4.50. The Hall–Kier alpha value is -2.47. The van der Waals surface area contributed by atoms with Crippen LogP contribution in [0.5, 0.6) is 0 Å². The van der Waals surface area contributed by atoms with Crippen molar-refractivity contribution in [3.05, 3.63) is 65.2 Å². The maximum atomic E-state index is 12.8. The summed E-state index contributed by atoms with van der Waals surface area (Å²) in [6, 6.07) is 10.9. The third-order valence-electron chi connectivity index (χ3n) is 5.36. The number of halogens is 3. The van der Waals surface area contributed by atoms with E-state index < -0.39 is 21.8 Å². The summed E-state index contributed by atoms with van der Waals surface area (Å²) < 4.78 is 69.8. The Labute approximate surface area is 191 Å². The first-order valence-electron chi connectivity index (χ1n) is 10.4. The Morgan fingerprint density at radius 3 is 2.15 bits per heavy atom. The van der Waals surface area contributed by atoms with Crippen LogP contribution in [0.3, 0.4) is 0 Å². The molecule has 1 aliphatic rings. The summed E-state index contributed by atoms with van der Waals surface area (Å²) in [6.07, 6.45) is -4.35. The van der Waals surface area contributed by atoms with E-state index in [4.69, 9.17) is 4.74 Å². The van der Waals surface area contributed by atoms with E-state index in [1.165, 1.54) is 43.5 Å². The van der Waals surface area contributed by atoms with Crippen LogP contribution in [-0.4, -0.2) is 70.6 Å². The van der Waals surface area contributed by atoms with E-state index >= 15 is 0 Å². The van der Waals surface area contributed by atoms with Crippen molar-refractivity contribution in [1.82, 2.24) is 14.5 Å². The minimum atomic E-state index is -4.35. The van der Waals surface area contributed by atoms with Gasteiger partial charge in [0, 0.05) is 51.9 Å². The predicted molar refractivity (Wildman–Crippen MR) is 116 cm³/mol. The number of benzene rings is 2. The second-order valence-electron chi connectivity index (χ2n) is 7.68. The average Bonchev–Trinajstić information content (AvgIpc) is 2.79. The van der Waals surface area contributed by atoms with E-state index in [0.29, 0.717) is 38.3 Å². The standard InChI is InChI=1S/C22H26F3N3O4S/c1-32-15-10-26-33(30,31)20-8-4-18(5-9-20)21(29)28-13-11-27(12-14-28)16-17-2-6-19(7-3-17)22(23,24)25/h2-9,26H,10-16H2,1H3. The first-order chi connectivity index (χ1) is 15.6. The van der Waals surface area contributed by atoms with Gasteiger partial charge in [-0.25, -0.2) is 13.1 Å². The number of ether oxygens (including phenoxy) is 1. The molecule has 1 N–H and O–H groups in total. The van der Waals surface area contributed by atoms with Crippen LogP contribution in [-0.2, 0) is 27.5 Å². The molecule has 0 radical (unpaired) electrons. The zero-order valence-electron chi connectivity index (χ0n) is 18.1. The Morgan fingerprint density at radius 1 is 1.00 bits per heavy atom. The van der Waals surface area contributed by atoms with Crippen molar-refractivity contribution in [2.24, 2.45) is 0 Å². The molecule has 1 saturated heterocycles. The monoisotopic (exact) mass is 485 g/mol. The van der Waals surface area contributed by atoms with E-state index in [2.05, 4.69) is 9.62 Å². The van der Waals surface area contributed by atoms with E-state index in [9.17, 15) is 26.4 Å². The lowest BCUT2D eigenvalue weighted by molar-refractivity contribution is -0.137. The van der Waals surface area contributed by atoms with Crippen molar-refractivity contribution in [2.45, 2.75) is 17.6 Å². The number of nitrogens with zero attached hydrogens (tertiary/aromatic N) is 2. The molecule has 1 heterocycles. The Balaban J connectivity index is 1.53. The summed E-state index contributed by atoms with van der Waals surface area (Å²) in [5, 5.41) is 0. The van der Waals surface area contributed by atoms with E-state index in [1.54, 1.807) is 4.90 Å². The molecule has 1 amide bonds. The number of amides is 1. The minimum absolute atomic E-state index is 0.0662. The fraction of sp³-hybridized carbons (Fsp3) is 0.409. The van der Waals surface area contributed by atoms with Crippen molar-refractivity contribution in [1.29, 1.82) is 0 Å². The molecule has 2 aromatic rings. The number of methoxy groups -OCH3 is 1. The normalized spacial score (nSPS) is 15.6. The lowest BCUT2D eigenvalue weighted by atomic mass is 10.1. The first-order valence-corrected chi connectivity index (χ1v) is 11.8. The number of rotatable bonds is 8. The molecule has 7 nitrogen and oxygen atoms in total. The number of sulfonamides is 1. The van der Waals surface area contributed by atoms with Gasteiger partial charge in [-0.1, -0.05) is 12.1 Å². The van der Waals surface area contributed by atoms with Gasteiger partial charge in [-0.05, 0) is 42.0 Å². The highest BCUT2D eigenvalue weighted by molar-refractivity contribution is 7.89. The number of hydrogen-bond donors (Lipinski definition) is 1. The summed E-state index contributed by atoms with van der Waals surface area (Å²) >= 11 is 0. The van der Waals surface area contributed by atoms with E-state index in [0.717, 1.165) is 17.7 Å². The van der Waals surface area contributed by atoms with Crippen LogP contribution in [0, 0.1) is 0 Å². The average molecular weight is 486 g/mol. The Kier molecular flexibility index (Phi) is 8.11. The molecule has 0 unspecified atom stereocenters. The Bertz CT molecular complexity index is 1030. The smallest absolute Gasteiger partial charge is 0.383 e. The highest BCUT2D eigenvalue weighted by atomic mass is 32.2. The number of alkyl halides is 3. The molecule has 3 rings (SSSR count). The summed E-state index contributed by atoms with van der Waals surface area (Å²) in [5.41, 5.74) is 0.493. The number of carbonyl (C=O) groups is 1. The quantitative estimate of drug-likeness (QED) is 0.582. The Morgan fingerprint density at radius 2 is 1.61 bits per heavy atom. The van der Waals surface area contributed by atoms with Gasteiger partial charge >= 0.3 is 6.18 Å². The topological polar surface area (TPSA) is 78.9 Å². The van der Waals surface area contributed by atoms with Crippen LogP contribution in [0.25, 0.3) is 0 Å². The minimum Gasteiger partial charge on any atom is -0.383 e. The molecule has 11 heteroatoms. The van der Waals surface area contributed by atoms with Crippen molar-refractivity contribution >= 4 is 15.9 Å². The second-order valence-corrected chi connectivity index (χ2v) is 9.44. The van der Waals surface area contributed by atoms with Crippen LogP contribution in [0.2, 0.25) is 0 Å². The van der Waals surface area contributed by atoms with Gasteiger partial charge in [0.25, 0.3) is 5.91 Å². The molecule has 0 aliphatic carbocycles. The molecule has 33 heavy (non-hydrogen) atoms. The van der Waals surface area contributed by atoms with Gasteiger partial charge in [-0.15, -0.1) is 0 Å². The van der Waals surface area contributed by atoms with Crippen molar-refractivity contribution in [3.8, 4) is 0 Å². The molecule has 2 aromatic carbocycles. The molecule has 0 atom stereocenters. The zero-order chi connectivity index (χ0) is 24.1. The number of piperazine rings is 1. The largest absolute Gasteiger partial charge is 0.416 e. The zero-order valence-corrected chi connectivity index (χ0v) is 19.0. The predicted octanol–water partition coefficient (Wildman–Crippen LogP) is 2.59. The molecular weight excluding hydrogens is 459 g/mol. The fourth-order valence-electron chi connectivity index (χ4n) is 3.49. The summed E-state index contributed by atoms with van der Waals surface area (Å²) in [4.78, 5) is 16.6. The maximum absolute atomic E-state index is 12.8. The highest BCUT2D eigenvalue weighted by Crippen LogP contribution is 2.29. The van der Waals surface area contributed by atoms with Gasteiger partial charge in [0.2, 0.25) is 10.0 Å². The summed E-state index contributed by atoms with van der Waals surface area (Å²) in [6.45, 7) is 3.02. The molecule has 0 aromatic heterocycles. The van der Waals surface area contributed by atoms with Crippen molar-refractivity contribution < 1.29 is 31.1 Å². The lowest BCUT2D eigenvalue weighted by Gasteiger charge is -2.34. The molecule has 0 spiro atoms. The first kappa shape index (κ1) is 25.2. The summed E-state index contributed by atoms with van der Waals surface area (Å²) in [7, 11) is -2.20. The van der Waals surface area contributed by atoms with Crippen LogP contribution >= 0.6 is 0 Å². The lowest BCUT2D eigenvalue weighted by Crippen LogP contribution is -2.48. The third-order valence-corrected chi connectivity index (χ3v) is 6.83. The van der Waals surface area contributed by atoms with Crippen LogP contribution in [0.1, 0.15) is 21.5 Å². The molecule has 180 valence electrons. The SMILES string of the molecule is COCCNS(=O)(=O)c1ccc(C(=O)N2CCN(Cc3ccc(C(F)(F)F)cc3)CC2)cc1. The van der Waals surface area contributed by atoms with Crippen molar-refractivity contribution in [2.75, 3.05) is 46.4 Å². The molecule has 0 bridgehead atoms. The van der Waals surface area contributed by atoms with Crippen molar-refractivity contribution in [3.63, 3.8) is 0 Å². The maximum Gasteiger partial charge on any atom is 0.416 e. The molecule has 1 fully saturated rings. The van der Waals surface area contributed by atoms with Crippen LogP contribution < -0.4 is 4.72 Å². The number of carbonyl (C=O) groups excluding carboxylic acids is 1. The van der Waals surface area contributed by atoms with E-state index in [1.807, 2.05) is 0 Å². The van der Waals surface area contributed by atoms with Gasteiger partial charge < -0.3 is 9.64 Å². The molecule has 1 aliphatic heterocycles. The van der Waals surface area contributed by atoms with Gasteiger partial charge in [0.1, 0.15) is 0 Å². The summed E-state index contributed by atoms with van der Waals surface area (Å²) in [5.74, 6) is -0.194. The number of hydrogen-bond acceptors (Lipinski definition) is 5. The van der Waals surface area contributed by atoms with Crippen LogP contribution in [0.4, 0.5) is 13.2 Å². The van der Waals surface area contributed by atoms with Crippen LogP contribution in [0.15, 0.2) is 53.4 Å². The highest BCUT2D eigenvalue weighted by Gasteiger charge is 2.30. The molecular formula is C22H26F3N3O4S. The number of nitrogens with one attached hydrogen (secondary N) is 1. The second kappa shape index (κ2) is 10.6. The van der Waals surface area contributed by atoms with E-state index in [-0.39, 0.29) is 24.0 Å². The van der Waals surface area contributed by atoms with Gasteiger partial charge in [-0.2, -0.15) is 13.2 Å². The third kappa shape index (κ3) is 6.76. The molecule has 0 saturated carbocycles. The van der Waals surface area contributed by atoms with Gasteiger partial charge in [0.15, 0.2) is 0 Å². The van der Waals surface area contributed by atoms with Gasteiger partial charge in [0.05, 0.1) is 17.1 Å².